The molecule has 0 aliphatic carbocycles. The standard InChI is InChI=1S/C21H28FN3O/c1-21(2,3)13-18(14-23-4)25-20(26)19-7-5-6-17(24-19)12-15-8-10-16(22)11-9-15/h5-11,18,23H,12-14H2,1-4H3,(H,25,26)/t18-/m0/s1. The van der Waals surface area contributed by atoms with Gasteiger partial charge in [-0.1, -0.05) is 39.0 Å². The number of hydrogen-bond donors (Lipinski definition) is 2. The van der Waals surface area contributed by atoms with Gasteiger partial charge in [-0.2, -0.15) is 0 Å². The lowest BCUT2D eigenvalue weighted by Gasteiger charge is -2.26. The molecule has 0 aliphatic heterocycles. The Hall–Kier alpha value is -2.27. The van der Waals surface area contributed by atoms with E-state index in [-0.39, 0.29) is 23.2 Å². The molecule has 0 saturated carbocycles. The topological polar surface area (TPSA) is 54.0 Å². The first-order chi connectivity index (χ1) is 12.3. The number of aromatic nitrogens is 1. The average molecular weight is 357 g/mol. The van der Waals surface area contributed by atoms with Crippen LogP contribution in [0.15, 0.2) is 42.5 Å². The summed E-state index contributed by atoms with van der Waals surface area (Å²) in [6.45, 7) is 7.18. The van der Waals surface area contributed by atoms with Crippen LogP contribution in [0, 0.1) is 11.2 Å². The van der Waals surface area contributed by atoms with Gasteiger partial charge in [0.25, 0.3) is 5.91 Å². The van der Waals surface area contributed by atoms with Crippen LogP contribution in [0.3, 0.4) is 0 Å². The number of pyridine rings is 1. The van der Waals surface area contributed by atoms with Crippen molar-refractivity contribution in [3.63, 3.8) is 0 Å². The van der Waals surface area contributed by atoms with Gasteiger partial charge in [-0.25, -0.2) is 9.37 Å². The van der Waals surface area contributed by atoms with E-state index < -0.39 is 0 Å². The van der Waals surface area contributed by atoms with Crippen molar-refractivity contribution in [1.82, 2.24) is 15.6 Å². The second-order valence-electron chi connectivity index (χ2n) is 7.81. The van der Waals surface area contributed by atoms with Crippen molar-refractivity contribution in [1.29, 1.82) is 0 Å². The fourth-order valence-corrected chi connectivity index (χ4v) is 2.94. The Bertz CT molecular complexity index is 723. The largest absolute Gasteiger partial charge is 0.347 e. The van der Waals surface area contributed by atoms with Crippen molar-refractivity contribution in [2.45, 2.75) is 39.7 Å². The summed E-state index contributed by atoms with van der Waals surface area (Å²) >= 11 is 0. The molecule has 2 N–H and O–H groups in total. The van der Waals surface area contributed by atoms with E-state index in [0.29, 0.717) is 18.7 Å². The number of amides is 1. The molecule has 1 aromatic heterocycles. The molecule has 0 bridgehead atoms. The second-order valence-corrected chi connectivity index (χ2v) is 7.81. The van der Waals surface area contributed by atoms with Crippen LogP contribution in [-0.4, -0.2) is 30.5 Å². The quantitative estimate of drug-likeness (QED) is 0.797. The second kappa shape index (κ2) is 8.90. The monoisotopic (exact) mass is 357 g/mol. The number of benzene rings is 1. The van der Waals surface area contributed by atoms with Gasteiger partial charge < -0.3 is 10.6 Å². The zero-order valence-electron chi connectivity index (χ0n) is 16.0. The molecule has 4 nitrogen and oxygen atoms in total. The number of nitrogens with zero attached hydrogens (tertiary/aromatic N) is 1. The SMILES string of the molecule is CNC[C@H](CC(C)(C)C)NC(=O)c1cccc(Cc2ccc(F)cc2)n1. The number of carbonyl (C=O) groups excluding carboxylic acids is 1. The fourth-order valence-electron chi connectivity index (χ4n) is 2.94. The fraction of sp³-hybridized carbons (Fsp3) is 0.429. The van der Waals surface area contributed by atoms with Gasteiger partial charge in [0.15, 0.2) is 0 Å². The third-order valence-corrected chi connectivity index (χ3v) is 3.98. The Morgan fingerprint density at radius 3 is 2.46 bits per heavy atom. The lowest BCUT2D eigenvalue weighted by molar-refractivity contribution is 0.0921. The number of halogens is 1. The van der Waals surface area contributed by atoms with Gasteiger partial charge in [0.1, 0.15) is 11.5 Å². The molecular weight excluding hydrogens is 329 g/mol. The minimum Gasteiger partial charge on any atom is -0.347 e. The molecule has 0 spiro atoms. The minimum absolute atomic E-state index is 0.0371. The number of rotatable bonds is 7. The van der Waals surface area contributed by atoms with Crippen LogP contribution in [0.5, 0.6) is 0 Å². The third kappa shape index (κ3) is 6.56. The number of likely N-dealkylation sites (N-methyl/N-ethyl adjacent to an activating group) is 1. The van der Waals surface area contributed by atoms with Gasteiger partial charge in [-0.05, 0) is 48.7 Å². The van der Waals surface area contributed by atoms with E-state index in [1.54, 1.807) is 18.2 Å². The molecule has 1 aromatic carbocycles. The first-order valence-corrected chi connectivity index (χ1v) is 8.93. The Balaban J connectivity index is 2.07. The molecule has 0 fully saturated rings. The summed E-state index contributed by atoms with van der Waals surface area (Å²) in [7, 11) is 1.88. The van der Waals surface area contributed by atoms with Gasteiger partial charge in [0, 0.05) is 24.7 Å². The van der Waals surface area contributed by atoms with E-state index in [9.17, 15) is 9.18 Å². The highest BCUT2D eigenvalue weighted by Crippen LogP contribution is 2.20. The van der Waals surface area contributed by atoms with Crippen molar-refractivity contribution in [3.8, 4) is 0 Å². The Labute approximate surface area is 155 Å². The molecule has 1 heterocycles. The van der Waals surface area contributed by atoms with Gasteiger partial charge in [-0.15, -0.1) is 0 Å². The molecule has 2 aromatic rings. The van der Waals surface area contributed by atoms with Crippen LogP contribution in [0.4, 0.5) is 4.39 Å². The van der Waals surface area contributed by atoms with Gasteiger partial charge in [-0.3, -0.25) is 4.79 Å². The van der Waals surface area contributed by atoms with E-state index in [1.165, 1.54) is 12.1 Å². The summed E-state index contributed by atoms with van der Waals surface area (Å²) in [6.07, 6.45) is 1.43. The van der Waals surface area contributed by atoms with Crippen LogP contribution in [0.25, 0.3) is 0 Å². The first-order valence-electron chi connectivity index (χ1n) is 8.93. The summed E-state index contributed by atoms with van der Waals surface area (Å²) in [5.41, 5.74) is 2.26. The van der Waals surface area contributed by atoms with Crippen molar-refractivity contribution >= 4 is 5.91 Å². The Kier molecular flexibility index (Phi) is 6.86. The van der Waals surface area contributed by atoms with Crippen LogP contribution >= 0.6 is 0 Å². The van der Waals surface area contributed by atoms with Crippen molar-refractivity contribution < 1.29 is 9.18 Å². The van der Waals surface area contributed by atoms with Gasteiger partial charge in [0.05, 0.1) is 0 Å². The molecule has 0 saturated heterocycles. The first kappa shape index (κ1) is 20.0. The zero-order chi connectivity index (χ0) is 19.2. The molecule has 1 atom stereocenters. The lowest BCUT2D eigenvalue weighted by Crippen LogP contribution is -2.43. The van der Waals surface area contributed by atoms with Crippen molar-refractivity contribution in [3.05, 3.63) is 65.2 Å². The van der Waals surface area contributed by atoms with E-state index in [0.717, 1.165) is 17.7 Å². The summed E-state index contributed by atoms with van der Waals surface area (Å²) in [6, 6.07) is 11.8. The van der Waals surface area contributed by atoms with Crippen molar-refractivity contribution in [2.75, 3.05) is 13.6 Å². The number of carbonyl (C=O) groups is 1. The molecule has 1 amide bonds. The Morgan fingerprint density at radius 2 is 1.85 bits per heavy atom. The maximum Gasteiger partial charge on any atom is 0.270 e. The van der Waals surface area contributed by atoms with Crippen molar-refractivity contribution in [2.24, 2.45) is 5.41 Å². The molecule has 0 radical (unpaired) electrons. The van der Waals surface area contributed by atoms with Crippen LogP contribution in [0.1, 0.15) is 48.9 Å². The molecular formula is C21H28FN3O. The highest BCUT2D eigenvalue weighted by molar-refractivity contribution is 5.92. The van der Waals surface area contributed by atoms with E-state index >= 15 is 0 Å². The van der Waals surface area contributed by atoms with Crippen LogP contribution in [0.2, 0.25) is 0 Å². The lowest BCUT2D eigenvalue weighted by atomic mass is 9.88. The van der Waals surface area contributed by atoms with Gasteiger partial charge >= 0.3 is 0 Å². The zero-order valence-corrected chi connectivity index (χ0v) is 16.0. The number of hydrogen-bond acceptors (Lipinski definition) is 3. The highest BCUT2D eigenvalue weighted by Gasteiger charge is 2.21. The minimum atomic E-state index is -0.260. The molecule has 140 valence electrons. The number of nitrogens with one attached hydrogen (secondary N) is 2. The molecule has 2 rings (SSSR count). The summed E-state index contributed by atoms with van der Waals surface area (Å²) in [5.74, 6) is -0.431. The average Bonchev–Trinajstić information content (AvgIpc) is 2.56. The molecule has 0 aliphatic rings. The highest BCUT2D eigenvalue weighted by atomic mass is 19.1. The van der Waals surface area contributed by atoms with Crippen LogP contribution < -0.4 is 10.6 Å². The maximum absolute atomic E-state index is 13.0. The normalized spacial score (nSPS) is 12.7. The van der Waals surface area contributed by atoms with E-state index in [2.05, 4.69) is 36.4 Å². The summed E-state index contributed by atoms with van der Waals surface area (Å²) < 4.78 is 13.0. The molecule has 26 heavy (non-hydrogen) atoms. The summed E-state index contributed by atoms with van der Waals surface area (Å²) in [4.78, 5) is 17.1. The predicted molar refractivity (Wildman–Crippen MR) is 103 cm³/mol. The molecule has 0 unspecified atom stereocenters. The van der Waals surface area contributed by atoms with E-state index in [4.69, 9.17) is 0 Å². The van der Waals surface area contributed by atoms with Gasteiger partial charge in [0.2, 0.25) is 0 Å². The maximum atomic E-state index is 13.0. The van der Waals surface area contributed by atoms with Crippen LogP contribution in [-0.2, 0) is 6.42 Å². The predicted octanol–water partition coefficient (Wildman–Crippen LogP) is 3.57. The smallest absolute Gasteiger partial charge is 0.270 e. The summed E-state index contributed by atoms with van der Waals surface area (Å²) in [5, 5.41) is 6.21. The molecule has 5 heteroatoms. The van der Waals surface area contributed by atoms with E-state index in [1.807, 2.05) is 19.2 Å². The Morgan fingerprint density at radius 1 is 1.15 bits per heavy atom. The third-order valence-electron chi connectivity index (χ3n) is 3.98.